The minimum atomic E-state index is -1.26. The van der Waals surface area contributed by atoms with Crippen LogP contribution in [0.4, 0.5) is 10.1 Å². The first-order valence-corrected chi connectivity index (χ1v) is 15.7. The first-order chi connectivity index (χ1) is 20.9. The van der Waals surface area contributed by atoms with Crippen LogP contribution in [0.5, 0.6) is 0 Å². The molecule has 44 heavy (non-hydrogen) atoms. The van der Waals surface area contributed by atoms with E-state index in [1.165, 1.54) is 37.8 Å². The van der Waals surface area contributed by atoms with Crippen LogP contribution in [0.15, 0.2) is 48.5 Å². The van der Waals surface area contributed by atoms with Gasteiger partial charge in [0.25, 0.3) is 5.91 Å². The van der Waals surface area contributed by atoms with E-state index in [-0.39, 0.29) is 12.1 Å². The summed E-state index contributed by atoms with van der Waals surface area (Å²) in [5, 5.41) is 13.2. The maximum atomic E-state index is 15.7. The zero-order chi connectivity index (χ0) is 31.6. The molecule has 0 bridgehead atoms. The molecule has 2 aliphatic rings. The Hall–Kier alpha value is -3.78. The number of halogens is 1. The Morgan fingerprint density at radius 3 is 2.27 bits per heavy atom. The molecule has 5 rings (SSSR count). The molecule has 234 valence electrons. The molecule has 1 amide bonds. The molecule has 2 N–H and O–H groups in total. The second kappa shape index (κ2) is 12.7. The molecule has 2 fully saturated rings. The quantitative estimate of drug-likeness (QED) is 0.277. The molecule has 0 radical (unpaired) electrons. The number of rotatable bonds is 8. The van der Waals surface area contributed by atoms with E-state index in [1.54, 1.807) is 6.07 Å². The van der Waals surface area contributed by atoms with Gasteiger partial charge in [-0.25, -0.2) is 9.18 Å². The van der Waals surface area contributed by atoms with Gasteiger partial charge in [-0.15, -0.1) is 0 Å². The minimum absolute atomic E-state index is 0.0511. The van der Waals surface area contributed by atoms with E-state index >= 15 is 4.39 Å². The zero-order valence-corrected chi connectivity index (χ0v) is 26.5. The zero-order valence-electron chi connectivity index (χ0n) is 26.5. The lowest BCUT2D eigenvalue weighted by Crippen LogP contribution is -2.40. The Kier molecular flexibility index (Phi) is 9.12. The molecule has 2 heterocycles. The number of nitrogens with zero attached hydrogens (tertiary/aromatic N) is 2. The Bertz CT molecular complexity index is 1520. The highest BCUT2D eigenvalue weighted by Crippen LogP contribution is 2.49. The number of nitrogens with one attached hydrogen (secondary N) is 1. The molecular weight excluding hydrogens is 557 g/mol. The Labute approximate surface area is 259 Å². The van der Waals surface area contributed by atoms with Crippen molar-refractivity contribution in [2.45, 2.75) is 91.4 Å². The van der Waals surface area contributed by atoms with Gasteiger partial charge in [0.1, 0.15) is 5.82 Å². The summed E-state index contributed by atoms with van der Waals surface area (Å²) in [4.78, 5) is 32.7. The fourth-order valence-corrected chi connectivity index (χ4v) is 6.98. The standard InChI is InChI=1S/C36H44FN3O4/c1-23-29(26-13-14-27(28(37)21-26)33(41)38-22-25-11-7-6-8-12-25)31(40-19-17-36(18-20-40)15-9-10-16-36)30(24(2)39-23)32(34(42)43)44-35(3,4)5/h6-8,11-14,21,32H,9-10,15-20,22H2,1-5H3,(H,38,41)(H,42,43). The number of carboxylic acids is 1. The van der Waals surface area contributed by atoms with Crippen molar-refractivity contribution in [3.8, 4) is 11.1 Å². The summed E-state index contributed by atoms with van der Waals surface area (Å²) in [5.41, 5.74) is 4.20. The lowest BCUT2D eigenvalue weighted by Gasteiger charge is -2.42. The van der Waals surface area contributed by atoms with Crippen molar-refractivity contribution in [3.05, 3.63) is 82.4 Å². The minimum Gasteiger partial charge on any atom is -0.479 e. The van der Waals surface area contributed by atoms with E-state index in [0.717, 1.165) is 37.2 Å². The Morgan fingerprint density at radius 1 is 1.02 bits per heavy atom. The van der Waals surface area contributed by atoms with Crippen LogP contribution >= 0.6 is 0 Å². The van der Waals surface area contributed by atoms with E-state index in [1.807, 2.05) is 65.0 Å². The van der Waals surface area contributed by atoms with Crippen molar-refractivity contribution in [1.29, 1.82) is 0 Å². The van der Waals surface area contributed by atoms with Crippen LogP contribution in [-0.2, 0) is 16.1 Å². The maximum absolute atomic E-state index is 15.7. The van der Waals surface area contributed by atoms with Crippen molar-refractivity contribution < 1.29 is 23.8 Å². The molecule has 1 spiro atoms. The molecule has 1 saturated heterocycles. The molecule has 3 aromatic rings. The van der Waals surface area contributed by atoms with E-state index in [9.17, 15) is 14.7 Å². The highest BCUT2D eigenvalue weighted by molar-refractivity contribution is 5.95. The number of anilines is 1. The number of hydrogen-bond acceptors (Lipinski definition) is 5. The van der Waals surface area contributed by atoms with Gasteiger partial charge in [-0.2, -0.15) is 0 Å². The van der Waals surface area contributed by atoms with E-state index in [0.29, 0.717) is 33.5 Å². The summed E-state index contributed by atoms with van der Waals surface area (Å²) in [7, 11) is 0. The van der Waals surface area contributed by atoms with Gasteiger partial charge < -0.3 is 20.1 Å². The van der Waals surface area contributed by atoms with Crippen LogP contribution in [0.25, 0.3) is 11.1 Å². The molecule has 8 heteroatoms. The van der Waals surface area contributed by atoms with Gasteiger partial charge in [-0.1, -0.05) is 49.2 Å². The van der Waals surface area contributed by atoms with Crippen molar-refractivity contribution in [2.75, 3.05) is 18.0 Å². The largest absolute Gasteiger partial charge is 0.479 e. The van der Waals surface area contributed by atoms with Crippen molar-refractivity contribution in [1.82, 2.24) is 10.3 Å². The number of carbonyl (C=O) groups is 2. The summed E-state index contributed by atoms with van der Waals surface area (Å²) in [6.45, 7) is 11.0. The lowest BCUT2D eigenvalue weighted by atomic mass is 9.76. The summed E-state index contributed by atoms with van der Waals surface area (Å²) in [5.74, 6) is -2.24. The molecule has 2 aromatic carbocycles. The van der Waals surface area contributed by atoms with Crippen LogP contribution < -0.4 is 10.2 Å². The highest BCUT2D eigenvalue weighted by atomic mass is 19.1. The Morgan fingerprint density at radius 2 is 1.68 bits per heavy atom. The number of carboxylic acid groups (broad SMARTS) is 1. The van der Waals surface area contributed by atoms with Crippen molar-refractivity contribution >= 4 is 17.6 Å². The first-order valence-electron chi connectivity index (χ1n) is 15.7. The van der Waals surface area contributed by atoms with Gasteiger partial charge in [-0.05, 0) is 89.0 Å². The third-order valence-corrected chi connectivity index (χ3v) is 9.14. The number of pyridine rings is 1. The lowest BCUT2D eigenvalue weighted by molar-refractivity contribution is -0.160. The maximum Gasteiger partial charge on any atom is 0.337 e. The van der Waals surface area contributed by atoms with Crippen LogP contribution in [0, 0.1) is 25.1 Å². The molecule has 1 aliphatic carbocycles. The highest BCUT2D eigenvalue weighted by Gasteiger charge is 2.40. The summed E-state index contributed by atoms with van der Waals surface area (Å²) >= 11 is 0. The molecule has 7 nitrogen and oxygen atoms in total. The Balaban J connectivity index is 1.57. The SMILES string of the molecule is Cc1nc(C)c(C(OC(C)(C)C)C(=O)O)c(N2CCC3(CCCC3)CC2)c1-c1ccc(C(=O)NCc2ccccc2)c(F)c1. The normalized spacial score (nSPS) is 17.1. The number of aromatic nitrogens is 1. The number of piperidine rings is 1. The fourth-order valence-electron chi connectivity index (χ4n) is 6.98. The van der Waals surface area contributed by atoms with E-state index in [4.69, 9.17) is 9.72 Å². The second-order valence-corrected chi connectivity index (χ2v) is 13.4. The van der Waals surface area contributed by atoms with Crippen LogP contribution in [0.1, 0.15) is 98.3 Å². The molecule has 1 atom stereocenters. The van der Waals surface area contributed by atoms with Crippen molar-refractivity contribution in [2.24, 2.45) is 5.41 Å². The monoisotopic (exact) mass is 601 g/mol. The third kappa shape index (κ3) is 6.80. The van der Waals surface area contributed by atoms with Gasteiger partial charge in [0, 0.05) is 42.1 Å². The average molecular weight is 602 g/mol. The number of aliphatic carboxylic acids is 1. The number of aryl methyl sites for hydroxylation is 2. The average Bonchev–Trinajstić information content (AvgIpc) is 3.42. The number of amides is 1. The number of ether oxygens (including phenoxy) is 1. The summed E-state index contributed by atoms with van der Waals surface area (Å²) in [6.07, 6.45) is 5.78. The van der Waals surface area contributed by atoms with Gasteiger partial charge in [-0.3, -0.25) is 9.78 Å². The fraction of sp³-hybridized carbons (Fsp3) is 0.472. The smallest absolute Gasteiger partial charge is 0.337 e. The number of benzene rings is 2. The summed E-state index contributed by atoms with van der Waals surface area (Å²) in [6, 6.07) is 14.1. The topological polar surface area (TPSA) is 91.8 Å². The number of carbonyl (C=O) groups excluding carboxylic acids is 1. The van der Waals surface area contributed by atoms with Gasteiger partial charge in [0.2, 0.25) is 0 Å². The molecule has 1 saturated carbocycles. The third-order valence-electron chi connectivity index (χ3n) is 9.14. The molecule has 1 aromatic heterocycles. The molecular formula is C36H44FN3O4. The van der Waals surface area contributed by atoms with Crippen LogP contribution in [-0.4, -0.2) is 40.7 Å². The van der Waals surface area contributed by atoms with Gasteiger partial charge in [0.15, 0.2) is 6.10 Å². The van der Waals surface area contributed by atoms with Crippen LogP contribution in [0.3, 0.4) is 0 Å². The predicted molar refractivity (Wildman–Crippen MR) is 170 cm³/mol. The second-order valence-electron chi connectivity index (χ2n) is 13.4. The van der Waals surface area contributed by atoms with Crippen LogP contribution in [0.2, 0.25) is 0 Å². The van der Waals surface area contributed by atoms with Gasteiger partial charge in [0.05, 0.1) is 16.9 Å². The number of hydrogen-bond donors (Lipinski definition) is 2. The molecule has 1 aliphatic heterocycles. The van der Waals surface area contributed by atoms with E-state index < -0.39 is 29.4 Å². The predicted octanol–water partition coefficient (Wildman–Crippen LogP) is 7.54. The molecule has 1 unspecified atom stereocenters. The van der Waals surface area contributed by atoms with Gasteiger partial charge >= 0.3 is 5.97 Å². The first kappa shape index (κ1) is 31.6. The van der Waals surface area contributed by atoms with E-state index in [2.05, 4.69) is 10.2 Å². The summed E-state index contributed by atoms with van der Waals surface area (Å²) < 4.78 is 21.9. The van der Waals surface area contributed by atoms with Crippen molar-refractivity contribution in [3.63, 3.8) is 0 Å².